The molecule has 0 aromatic rings. The summed E-state index contributed by atoms with van der Waals surface area (Å²) in [5.74, 6) is 0.287. The van der Waals surface area contributed by atoms with Crippen molar-refractivity contribution in [3.05, 3.63) is 11.8 Å². The Bertz CT molecular complexity index is 140. The topological polar surface area (TPSA) is 37.3 Å². The fourth-order valence-electron chi connectivity index (χ4n) is 0.774. The van der Waals surface area contributed by atoms with E-state index in [4.69, 9.17) is 5.11 Å². The number of carbonyl (C=O) groups is 1. The molecule has 2 nitrogen and oxygen atoms in total. The zero-order valence-corrected chi connectivity index (χ0v) is 7.55. The maximum Gasteiger partial charge on any atom is 1.00 e. The number of hydrogen-bond acceptors (Lipinski definition) is 2. The molecule has 0 spiro atoms. The van der Waals surface area contributed by atoms with E-state index < -0.39 is 0 Å². The van der Waals surface area contributed by atoms with Crippen LogP contribution in [0, 0.1) is 0 Å². The average Bonchev–Trinajstić information content (AvgIpc) is 1.64. The van der Waals surface area contributed by atoms with Crippen LogP contribution < -0.4 is 29.6 Å². The number of rotatable bonds is 0. The molecule has 0 radical (unpaired) electrons. The SMILES string of the molecule is O=C1C=C(O)CCC1.[Na+]. The van der Waals surface area contributed by atoms with Crippen LogP contribution in [0.1, 0.15) is 19.3 Å². The summed E-state index contributed by atoms with van der Waals surface area (Å²) in [5, 5.41) is 8.72. The van der Waals surface area contributed by atoms with Crippen LogP contribution in [-0.2, 0) is 4.79 Å². The van der Waals surface area contributed by atoms with Gasteiger partial charge in [0.1, 0.15) is 0 Å². The molecule has 0 heterocycles. The molecule has 0 fully saturated rings. The summed E-state index contributed by atoms with van der Waals surface area (Å²) in [6.07, 6.45) is 3.39. The molecule has 0 aromatic heterocycles. The summed E-state index contributed by atoms with van der Waals surface area (Å²) in [4.78, 5) is 10.4. The van der Waals surface area contributed by atoms with E-state index in [1.165, 1.54) is 6.08 Å². The van der Waals surface area contributed by atoms with Crippen LogP contribution in [0.25, 0.3) is 0 Å². The molecule has 0 saturated carbocycles. The molecule has 44 valence electrons. The number of aliphatic hydroxyl groups excluding tert-OH is 1. The Kier molecular flexibility index (Phi) is 4.19. The van der Waals surface area contributed by atoms with Crippen molar-refractivity contribution in [3.8, 4) is 0 Å². The molecule has 1 aliphatic rings. The van der Waals surface area contributed by atoms with Crippen molar-refractivity contribution in [3.63, 3.8) is 0 Å². The summed E-state index contributed by atoms with van der Waals surface area (Å²) >= 11 is 0. The van der Waals surface area contributed by atoms with Gasteiger partial charge in [-0.2, -0.15) is 0 Å². The van der Waals surface area contributed by atoms with Crippen LogP contribution in [0.15, 0.2) is 11.8 Å². The van der Waals surface area contributed by atoms with Crippen molar-refractivity contribution in [2.45, 2.75) is 19.3 Å². The molecule has 0 unspecified atom stereocenters. The van der Waals surface area contributed by atoms with Gasteiger partial charge in [-0.25, -0.2) is 0 Å². The molecular weight excluding hydrogens is 127 g/mol. The van der Waals surface area contributed by atoms with E-state index in [2.05, 4.69) is 0 Å². The maximum atomic E-state index is 10.4. The summed E-state index contributed by atoms with van der Waals surface area (Å²) in [7, 11) is 0. The molecule has 1 N–H and O–H groups in total. The van der Waals surface area contributed by atoms with Gasteiger partial charge in [0.05, 0.1) is 5.76 Å². The standard InChI is InChI=1S/C6H8O2.Na/c7-5-2-1-3-6(8)4-5;/h4,7H,1-3H2;/q;+1. The normalized spacial score (nSPS) is 18.2. The Morgan fingerprint density at radius 1 is 1.44 bits per heavy atom. The summed E-state index contributed by atoms with van der Waals surface area (Å²) < 4.78 is 0. The van der Waals surface area contributed by atoms with Gasteiger partial charge < -0.3 is 5.11 Å². The minimum Gasteiger partial charge on any atom is -0.512 e. The van der Waals surface area contributed by atoms with Gasteiger partial charge in [-0.3, -0.25) is 4.79 Å². The molecule has 1 aliphatic carbocycles. The van der Waals surface area contributed by atoms with Crippen LogP contribution in [0.5, 0.6) is 0 Å². The largest absolute Gasteiger partial charge is 1.00 e. The van der Waals surface area contributed by atoms with E-state index in [1.807, 2.05) is 0 Å². The zero-order valence-electron chi connectivity index (χ0n) is 5.55. The van der Waals surface area contributed by atoms with E-state index in [0.29, 0.717) is 12.8 Å². The van der Waals surface area contributed by atoms with Crippen molar-refractivity contribution < 1.29 is 39.5 Å². The van der Waals surface area contributed by atoms with Gasteiger partial charge >= 0.3 is 29.6 Å². The van der Waals surface area contributed by atoms with Gasteiger partial charge in [0.15, 0.2) is 5.78 Å². The first-order valence-corrected chi connectivity index (χ1v) is 2.71. The van der Waals surface area contributed by atoms with Crippen LogP contribution >= 0.6 is 0 Å². The van der Waals surface area contributed by atoms with Crippen LogP contribution in [0.4, 0.5) is 0 Å². The van der Waals surface area contributed by atoms with Crippen LogP contribution in [0.3, 0.4) is 0 Å². The first-order chi connectivity index (χ1) is 3.79. The van der Waals surface area contributed by atoms with E-state index in [0.717, 1.165) is 6.42 Å². The predicted octanol–water partition coefficient (Wildman–Crippen LogP) is -1.81. The number of allylic oxidation sites excluding steroid dienone is 2. The Labute approximate surface area is 76.2 Å². The van der Waals surface area contributed by atoms with Gasteiger partial charge in [-0.1, -0.05) is 0 Å². The monoisotopic (exact) mass is 135 g/mol. The van der Waals surface area contributed by atoms with E-state index in [9.17, 15) is 4.79 Å². The van der Waals surface area contributed by atoms with Gasteiger partial charge in [0.25, 0.3) is 0 Å². The van der Waals surface area contributed by atoms with Crippen LogP contribution in [0.2, 0.25) is 0 Å². The molecule has 0 bridgehead atoms. The quantitative estimate of drug-likeness (QED) is 0.397. The molecule has 0 aromatic carbocycles. The number of aliphatic hydroxyl groups is 1. The van der Waals surface area contributed by atoms with Gasteiger partial charge in [-0.05, 0) is 6.42 Å². The second kappa shape index (κ2) is 4.09. The Morgan fingerprint density at radius 2 is 2.11 bits per heavy atom. The summed E-state index contributed by atoms with van der Waals surface area (Å²) in [6.45, 7) is 0. The Morgan fingerprint density at radius 3 is 2.44 bits per heavy atom. The van der Waals surface area contributed by atoms with Crippen molar-refractivity contribution in [1.82, 2.24) is 0 Å². The Hall–Kier alpha value is 0.210. The second-order valence-corrected chi connectivity index (χ2v) is 1.96. The molecule has 1 rings (SSSR count). The summed E-state index contributed by atoms with van der Waals surface area (Å²) in [6, 6.07) is 0. The Balaban J connectivity index is 0.000000640. The smallest absolute Gasteiger partial charge is 0.512 e. The van der Waals surface area contributed by atoms with Crippen molar-refractivity contribution in [2.75, 3.05) is 0 Å². The molecular formula is C6H8NaO2+. The number of hydrogen-bond donors (Lipinski definition) is 1. The van der Waals surface area contributed by atoms with E-state index in [1.54, 1.807) is 0 Å². The molecule has 0 atom stereocenters. The van der Waals surface area contributed by atoms with Crippen molar-refractivity contribution in [2.24, 2.45) is 0 Å². The minimum atomic E-state index is 0. The third-order valence-electron chi connectivity index (χ3n) is 1.18. The van der Waals surface area contributed by atoms with Crippen molar-refractivity contribution in [1.29, 1.82) is 0 Å². The minimum absolute atomic E-state index is 0. The van der Waals surface area contributed by atoms with E-state index in [-0.39, 0.29) is 41.1 Å². The van der Waals surface area contributed by atoms with Gasteiger partial charge in [0, 0.05) is 18.9 Å². The first-order valence-electron chi connectivity index (χ1n) is 2.71. The zero-order chi connectivity index (χ0) is 5.98. The first kappa shape index (κ1) is 9.21. The van der Waals surface area contributed by atoms with Gasteiger partial charge in [-0.15, -0.1) is 0 Å². The molecule has 0 saturated heterocycles. The summed E-state index contributed by atoms with van der Waals surface area (Å²) in [5.41, 5.74) is 0. The van der Waals surface area contributed by atoms with E-state index >= 15 is 0 Å². The number of ketones is 1. The molecule has 0 amide bonds. The maximum absolute atomic E-state index is 10.4. The third kappa shape index (κ3) is 3.04. The predicted molar refractivity (Wildman–Crippen MR) is 29.6 cm³/mol. The van der Waals surface area contributed by atoms with Crippen LogP contribution in [-0.4, -0.2) is 10.9 Å². The molecule has 9 heavy (non-hydrogen) atoms. The van der Waals surface area contributed by atoms with Gasteiger partial charge in [0.2, 0.25) is 0 Å². The van der Waals surface area contributed by atoms with Crippen molar-refractivity contribution >= 4 is 5.78 Å². The third-order valence-corrected chi connectivity index (χ3v) is 1.18. The average molecular weight is 135 g/mol. The number of carbonyl (C=O) groups excluding carboxylic acids is 1. The molecule has 3 heteroatoms. The fraction of sp³-hybridized carbons (Fsp3) is 0.500. The fourth-order valence-corrected chi connectivity index (χ4v) is 0.774. The molecule has 0 aliphatic heterocycles. The second-order valence-electron chi connectivity index (χ2n) is 1.96.